The van der Waals surface area contributed by atoms with Crippen LogP contribution in [0, 0.1) is 5.92 Å². The van der Waals surface area contributed by atoms with Crippen LogP contribution in [0.1, 0.15) is 33.1 Å². The lowest BCUT2D eigenvalue weighted by Crippen LogP contribution is -2.37. The first-order chi connectivity index (χ1) is 9.48. The molecular formula is C14H23N3O2S. The number of sulfonamides is 1. The van der Waals surface area contributed by atoms with Crippen LogP contribution in [-0.2, 0) is 10.0 Å². The van der Waals surface area contributed by atoms with Gasteiger partial charge in [0.2, 0.25) is 0 Å². The summed E-state index contributed by atoms with van der Waals surface area (Å²) in [7, 11) is -1.90. The third-order valence-corrected chi connectivity index (χ3v) is 5.74. The summed E-state index contributed by atoms with van der Waals surface area (Å²) in [6, 6.07) is 3.55. The van der Waals surface area contributed by atoms with Gasteiger partial charge in [-0.3, -0.25) is 0 Å². The van der Waals surface area contributed by atoms with Crippen molar-refractivity contribution in [3.63, 3.8) is 0 Å². The molecular weight excluding hydrogens is 274 g/mol. The Morgan fingerprint density at radius 2 is 2.20 bits per heavy atom. The van der Waals surface area contributed by atoms with Crippen LogP contribution in [0.15, 0.2) is 23.4 Å². The Kier molecular flexibility index (Phi) is 4.65. The highest BCUT2D eigenvalue weighted by atomic mass is 32.2. The summed E-state index contributed by atoms with van der Waals surface area (Å²) >= 11 is 0. The van der Waals surface area contributed by atoms with Crippen molar-refractivity contribution < 1.29 is 8.42 Å². The van der Waals surface area contributed by atoms with Gasteiger partial charge in [0, 0.05) is 25.8 Å². The average molecular weight is 297 g/mol. The van der Waals surface area contributed by atoms with E-state index in [0.717, 1.165) is 25.8 Å². The van der Waals surface area contributed by atoms with Gasteiger partial charge in [0.25, 0.3) is 10.0 Å². The van der Waals surface area contributed by atoms with E-state index in [1.165, 1.54) is 10.5 Å². The molecule has 2 rings (SSSR count). The minimum atomic E-state index is -3.54. The molecule has 0 aromatic carbocycles. The van der Waals surface area contributed by atoms with Crippen molar-refractivity contribution in [2.45, 2.75) is 44.2 Å². The standard InChI is InChI=1S/C14H23N3O2S/c1-4-9-15-13-6-5-10-16-14(13)20(18,19)17(3)11(2)12-7-8-12/h5-6,10-12,15H,4,7-9H2,1-3H3. The van der Waals surface area contributed by atoms with E-state index in [9.17, 15) is 8.42 Å². The molecule has 1 aliphatic carbocycles. The van der Waals surface area contributed by atoms with Gasteiger partial charge in [0.05, 0.1) is 5.69 Å². The summed E-state index contributed by atoms with van der Waals surface area (Å²) in [6.45, 7) is 4.74. The van der Waals surface area contributed by atoms with E-state index >= 15 is 0 Å². The highest BCUT2D eigenvalue weighted by Gasteiger charge is 2.37. The summed E-state index contributed by atoms with van der Waals surface area (Å²) in [4.78, 5) is 4.09. The predicted molar refractivity (Wildman–Crippen MR) is 80.2 cm³/mol. The second-order valence-electron chi connectivity index (χ2n) is 5.38. The Hall–Kier alpha value is -1.14. The number of hydrogen-bond donors (Lipinski definition) is 1. The summed E-state index contributed by atoms with van der Waals surface area (Å²) in [6.07, 6.45) is 4.69. The Labute approximate surface area is 121 Å². The first-order valence-electron chi connectivity index (χ1n) is 7.15. The van der Waals surface area contributed by atoms with Crippen LogP contribution in [0.2, 0.25) is 0 Å². The van der Waals surface area contributed by atoms with Gasteiger partial charge < -0.3 is 5.32 Å². The number of nitrogens with zero attached hydrogens (tertiary/aromatic N) is 2. The Morgan fingerprint density at radius 1 is 1.50 bits per heavy atom. The van der Waals surface area contributed by atoms with Crippen LogP contribution in [0.25, 0.3) is 0 Å². The molecule has 1 aliphatic rings. The van der Waals surface area contributed by atoms with Crippen molar-refractivity contribution in [1.29, 1.82) is 0 Å². The molecule has 5 nitrogen and oxygen atoms in total. The van der Waals surface area contributed by atoms with Gasteiger partial charge in [-0.25, -0.2) is 13.4 Å². The van der Waals surface area contributed by atoms with Gasteiger partial charge in [-0.2, -0.15) is 4.31 Å². The summed E-state index contributed by atoms with van der Waals surface area (Å²) in [5, 5.41) is 3.27. The van der Waals surface area contributed by atoms with Crippen LogP contribution in [0.3, 0.4) is 0 Å². The maximum atomic E-state index is 12.7. The van der Waals surface area contributed by atoms with Crippen LogP contribution in [0.4, 0.5) is 5.69 Å². The molecule has 1 atom stereocenters. The lowest BCUT2D eigenvalue weighted by Gasteiger charge is -2.24. The van der Waals surface area contributed by atoms with Crippen LogP contribution in [0.5, 0.6) is 0 Å². The van der Waals surface area contributed by atoms with E-state index in [0.29, 0.717) is 11.6 Å². The van der Waals surface area contributed by atoms with E-state index in [4.69, 9.17) is 0 Å². The van der Waals surface area contributed by atoms with Crippen molar-refractivity contribution >= 4 is 15.7 Å². The van der Waals surface area contributed by atoms with E-state index in [2.05, 4.69) is 10.3 Å². The minimum Gasteiger partial charge on any atom is -0.383 e. The molecule has 1 aromatic heterocycles. The molecule has 1 heterocycles. The lowest BCUT2D eigenvalue weighted by atomic mass is 10.2. The molecule has 1 saturated carbocycles. The van der Waals surface area contributed by atoms with Gasteiger partial charge in [-0.05, 0) is 44.2 Å². The largest absolute Gasteiger partial charge is 0.383 e. The van der Waals surface area contributed by atoms with Gasteiger partial charge in [-0.1, -0.05) is 6.92 Å². The zero-order valence-corrected chi connectivity index (χ0v) is 13.2. The molecule has 0 aliphatic heterocycles. The molecule has 1 unspecified atom stereocenters. The van der Waals surface area contributed by atoms with Crippen molar-refractivity contribution in [3.8, 4) is 0 Å². The highest BCUT2D eigenvalue weighted by molar-refractivity contribution is 7.89. The maximum Gasteiger partial charge on any atom is 0.262 e. The zero-order chi connectivity index (χ0) is 14.8. The molecule has 20 heavy (non-hydrogen) atoms. The fourth-order valence-electron chi connectivity index (χ4n) is 2.22. The highest BCUT2D eigenvalue weighted by Crippen LogP contribution is 2.36. The van der Waals surface area contributed by atoms with E-state index < -0.39 is 10.0 Å². The molecule has 0 radical (unpaired) electrons. The van der Waals surface area contributed by atoms with E-state index in [1.54, 1.807) is 19.2 Å². The van der Waals surface area contributed by atoms with Crippen molar-refractivity contribution in [2.24, 2.45) is 5.92 Å². The number of anilines is 1. The second-order valence-corrected chi connectivity index (χ2v) is 7.29. The molecule has 0 spiro atoms. The molecule has 0 amide bonds. The van der Waals surface area contributed by atoms with E-state index in [1.807, 2.05) is 13.8 Å². The number of aromatic nitrogens is 1. The lowest BCUT2D eigenvalue weighted by molar-refractivity contribution is 0.356. The third-order valence-electron chi connectivity index (χ3n) is 3.84. The predicted octanol–water partition coefficient (Wildman–Crippen LogP) is 2.32. The number of pyridine rings is 1. The first kappa shape index (κ1) is 15.3. The number of nitrogens with one attached hydrogen (secondary N) is 1. The molecule has 1 N–H and O–H groups in total. The molecule has 6 heteroatoms. The summed E-state index contributed by atoms with van der Waals surface area (Å²) in [5.41, 5.74) is 0.587. The Balaban J connectivity index is 2.28. The number of hydrogen-bond acceptors (Lipinski definition) is 4. The van der Waals surface area contributed by atoms with Crippen LogP contribution < -0.4 is 5.32 Å². The van der Waals surface area contributed by atoms with Crippen LogP contribution >= 0.6 is 0 Å². The molecule has 0 bridgehead atoms. The normalized spacial score (nSPS) is 17.2. The minimum absolute atomic E-state index is 0.0287. The monoisotopic (exact) mass is 297 g/mol. The number of rotatable bonds is 7. The third kappa shape index (κ3) is 3.12. The molecule has 1 fully saturated rings. The smallest absolute Gasteiger partial charge is 0.262 e. The van der Waals surface area contributed by atoms with Gasteiger partial charge in [0.15, 0.2) is 5.03 Å². The summed E-state index contributed by atoms with van der Waals surface area (Å²) < 4.78 is 26.9. The quantitative estimate of drug-likeness (QED) is 0.839. The zero-order valence-electron chi connectivity index (χ0n) is 12.3. The van der Waals surface area contributed by atoms with Crippen molar-refractivity contribution in [3.05, 3.63) is 18.3 Å². The van der Waals surface area contributed by atoms with Crippen molar-refractivity contribution in [2.75, 3.05) is 18.9 Å². The Bertz CT molecular complexity index is 555. The van der Waals surface area contributed by atoms with E-state index in [-0.39, 0.29) is 11.1 Å². The Morgan fingerprint density at radius 3 is 2.80 bits per heavy atom. The molecule has 112 valence electrons. The van der Waals surface area contributed by atoms with Gasteiger partial charge >= 0.3 is 0 Å². The van der Waals surface area contributed by atoms with Gasteiger partial charge in [0.1, 0.15) is 0 Å². The second kappa shape index (κ2) is 6.10. The SMILES string of the molecule is CCCNc1cccnc1S(=O)(=O)N(C)C(C)C1CC1. The first-order valence-corrected chi connectivity index (χ1v) is 8.59. The summed E-state index contributed by atoms with van der Waals surface area (Å²) in [5.74, 6) is 0.491. The topological polar surface area (TPSA) is 62.3 Å². The van der Waals surface area contributed by atoms with Crippen LogP contribution in [-0.4, -0.2) is 37.3 Å². The maximum absolute atomic E-state index is 12.7. The molecule has 1 aromatic rings. The van der Waals surface area contributed by atoms with Gasteiger partial charge in [-0.15, -0.1) is 0 Å². The molecule has 0 saturated heterocycles. The van der Waals surface area contributed by atoms with Crippen molar-refractivity contribution in [1.82, 2.24) is 9.29 Å². The average Bonchev–Trinajstić information content (AvgIpc) is 3.28. The fraction of sp³-hybridized carbons (Fsp3) is 0.643. The fourth-order valence-corrected chi connectivity index (χ4v) is 3.72.